The maximum atomic E-state index is 8.74. The predicted octanol–water partition coefficient (Wildman–Crippen LogP) is -0.188. The van der Waals surface area contributed by atoms with Gasteiger partial charge in [-0.25, -0.2) is 0 Å². The molecule has 2 N–H and O–H groups in total. The van der Waals surface area contributed by atoms with Gasteiger partial charge >= 0.3 is 62.4 Å². The van der Waals surface area contributed by atoms with Crippen LogP contribution in [0.1, 0.15) is 0 Å². The molecule has 0 amide bonds. The second-order valence-corrected chi connectivity index (χ2v) is 1.34. The average molecular weight is 217 g/mol. The Labute approximate surface area is 78.1 Å². The van der Waals surface area contributed by atoms with Gasteiger partial charge in [-0.1, -0.05) is 0 Å². The molecular weight excluding hydrogens is 215 g/mol. The van der Waals surface area contributed by atoms with Gasteiger partial charge in [0.05, 0.1) is 0 Å². The van der Waals surface area contributed by atoms with Gasteiger partial charge in [0.15, 0.2) is 0 Å². The van der Waals surface area contributed by atoms with E-state index >= 15 is 0 Å². The molecule has 0 unspecified atom stereocenters. The summed E-state index contributed by atoms with van der Waals surface area (Å²) in [6.45, 7) is 3.12. The molecule has 0 heterocycles. The molecule has 0 aromatic rings. The van der Waals surface area contributed by atoms with Gasteiger partial charge in [-0.3, -0.25) is 9.11 Å². The van der Waals surface area contributed by atoms with E-state index in [0.717, 1.165) is 45.4 Å². The van der Waals surface area contributed by atoms with E-state index in [1.165, 1.54) is 0 Å². The molecule has 0 atom stereocenters. The van der Waals surface area contributed by atoms with Crippen LogP contribution in [0.25, 0.3) is 0 Å². The third-order valence-electron chi connectivity index (χ3n) is 0. The van der Waals surface area contributed by atoms with Crippen LogP contribution in [0.2, 0.25) is 0 Å². The molecule has 0 aromatic carbocycles. The van der Waals surface area contributed by atoms with Gasteiger partial charge < -0.3 is 0 Å². The molecule has 4 nitrogen and oxygen atoms in total. The molecular formula is H2BrKO4S. The predicted molar refractivity (Wildman–Crippen MR) is 28.9 cm³/mol. The fourth-order valence-electron chi connectivity index (χ4n) is 0. The number of rotatable bonds is 0. The van der Waals surface area contributed by atoms with Crippen LogP contribution in [-0.2, 0) is 10.4 Å². The summed E-state index contributed by atoms with van der Waals surface area (Å²) in [6.07, 6.45) is 0. The van der Waals surface area contributed by atoms with Gasteiger partial charge in [0, 0.05) is 0 Å². The van der Waals surface area contributed by atoms with Crippen LogP contribution in [0.4, 0.5) is 0 Å². The first kappa shape index (κ1) is 11.7. The molecule has 7 heavy (non-hydrogen) atoms. The molecule has 40 valence electrons. The molecule has 0 aliphatic carbocycles. The second-order valence-electron chi connectivity index (χ2n) is 0.448. The number of halogens is 1. The molecule has 0 rings (SSSR count). The van der Waals surface area contributed by atoms with E-state index in [1.54, 1.807) is 0 Å². The normalized spacial score (nSPS) is 9.29. The number of hydrogen-bond acceptors (Lipinski definition) is 2. The Hall–Kier alpha value is 1.99. The van der Waals surface area contributed by atoms with Gasteiger partial charge in [0.1, 0.15) is 0 Å². The molecule has 0 aliphatic rings. The molecule has 0 spiro atoms. The van der Waals surface area contributed by atoms with Crippen LogP contribution in [0.5, 0.6) is 0 Å². The van der Waals surface area contributed by atoms with Crippen molar-refractivity contribution >= 4 is 62.4 Å². The molecule has 0 fully saturated rings. The van der Waals surface area contributed by atoms with Crippen molar-refractivity contribution in [3.8, 4) is 0 Å². The minimum atomic E-state index is -4.67. The molecule has 0 radical (unpaired) electrons. The van der Waals surface area contributed by atoms with Crippen LogP contribution < -0.4 is 0 Å². The zero-order chi connectivity index (χ0) is 6.50. The summed E-state index contributed by atoms with van der Waals surface area (Å²) in [4.78, 5) is 0. The van der Waals surface area contributed by atoms with Crippen molar-refractivity contribution < 1.29 is 17.5 Å². The molecule has 0 saturated heterocycles. The Morgan fingerprint density at radius 1 is 1.29 bits per heavy atom. The topological polar surface area (TPSA) is 74.6 Å². The second kappa shape index (κ2) is 6.11. The van der Waals surface area contributed by atoms with Crippen LogP contribution in [0, 0.1) is 0 Å². The third-order valence-corrected chi connectivity index (χ3v) is 0. The third kappa shape index (κ3) is 72.5. The fraction of sp³-hybridized carbons (Fsp3) is 0. The van der Waals surface area contributed by atoms with Crippen molar-refractivity contribution in [2.45, 2.75) is 0 Å². The van der Waals surface area contributed by atoms with Gasteiger partial charge in [0.25, 0.3) is 0 Å². The number of hydrogen-bond donors (Lipinski definition) is 2. The first-order valence-corrected chi connectivity index (χ1v) is 10.2. The van der Waals surface area contributed by atoms with Crippen LogP contribution in [0.15, 0.2) is 0 Å². The summed E-state index contributed by atoms with van der Waals surface area (Å²) in [6, 6.07) is 0. The van der Waals surface area contributed by atoms with E-state index < -0.39 is 10.4 Å². The monoisotopic (exact) mass is 216 g/mol. The summed E-state index contributed by atoms with van der Waals surface area (Å²) in [5.74, 6) is 0. The summed E-state index contributed by atoms with van der Waals surface area (Å²) in [5.41, 5.74) is 0. The molecule has 0 saturated carbocycles. The maximum absolute atomic E-state index is 8.74. The average Bonchev–Trinajstić information content (AvgIpc) is 1.36. The van der Waals surface area contributed by atoms with E-state index in [9.17, 15) is 0 Å². The van der Waals surface area contributed by atoms with E-state index in [1.807, 2.05) is 0 Å². The van der Waals surface area contributed by atoms with Gasteiger partial charge in [-0.2, -0.15) is 8.42 Å². The zero-order valence-electron chi connectivity index (χ0n) is 3.50. The Kier molecular flexibility index (Phi) is 10.3. The molecule has 7 heteroatoms. The Morgan fingerprint density at radius 3 is 1.29 bits per heavy atom. The molecule has 0 bridgehead atoms. The van der Waals surface area contributed by atoms with Crippen molar-refractivity contribution in [3.63, 3.8) is 0 Å². The van der Waals surface area contributed by atoms with Crippen molar-refractivity contribution in [2.75, 3.05) is 0 Å². The van der Waals surface area contributed by atoms with Crippen molar-refractivity contribution in [2.24, 2.45) is 0 Å². The summed E-state index contributed by atoms with van der Waals surface area (Å²) >= 11 is 0.875. The standard InChI is InChI=1S/BrH.K.H2O4S/c;;1-5(2,3)4/h1H;;(H2,1,2,3,4)/q;+1;/p-1. The van der Waals surface area contributed by atoms with Crippen molar-refractivity contribution in [3.05, 3.63) is 0 Å². The fourth-order valence-corrected chi connectivity index (χ4v) is 0. The Balaban J connectivity index is 0. The summed E-state index contributed by atoms with van der Waals surface area (Å²) < 4.78 is 31.6. The minimum absolute atomic E-state index is 0.875. The first-order valence-electron chi connectivity index (χ1n) is 1.08. The zero-order valence-corrected chi connectivity index (χ0v) is 9.02. The van der Waals surface area contributed by atoms with Crippen LogP contribution in [-0.4, -0.2) is 62.9 Å². The van der Waals surface area contributed by atoms with E-state index in [4.69, 9.17) is 17.5 Å². The van der Waals surface area contributed by atoms with Crippen LogP contribution in [0.3, 0.4) is 0 Å². The summed E-state index contributed by atoms with van der Waals surface area (Å²) in [5, 5.41) is 0. The van der Waals surface area contributed by atoms with E-state index in [0.29, 0.717) is 0 Å². The van der Waals surface area contributed by atoms with E-state index in [-0.39, 0.29) is 0 Å². The van der Waals surface area contributed by atoms with Gasteiger partial charge in [-0.15, -0.1) is 0 Å². The first-order chi connectivity index (χ1) is 3.00. The van der Waals surface area contributed by atoms with Crippen LogP contribution >= 0.6 is 6.60 Å². The van der Waals surface area contributed by atoms with Gasteiger partial charge in [0.2, 0.25) is 0 Å². The van der Waals surface area contributed by atoms with Crippen molar-refractivity contribution in [1.29, 1.82) is 0 Å². The molecule has 0 aromatic heterocycles. The van der Waals surface area contributed by atoms with Crippen molar-refractivity contribution in [1.82, 2.24) is 0 Å². The molecule has 0 aliphatic heterocycles. The quantitative estimate of drug-likeness (QED) is 0.435. The van der Waals surface area contributed by atoms with E-state index in [2.05, 4.69) is 6.60 Å². The van der Waals surface area contributed by atoms with Gasteiger partial charge in [-0.05, 0) is 0 Å². The Bertz CT molecular complexity index is 94.9. The Morgan fingerprint density at radius 2 is 1.29 bits per heavy atom. The SMILES string of the molecule is O=S(=O)(O)O.[K][Br]. The summed E-state index contributed by atoms with van der Waals surface area (Å²) in [7, 11) is -4.67.